The quantitative estimate of drug-likeness (QED) is 0.364. The van der Waals surface area contributed by atoms with Gasteiger partial charge in [0.05, 0.1) is 0 Å². The van der Waals surface area contributed by atoms with E-state index >= 15 is 0 Å². The molecular weight excluding hydrogens is 150 g/mol. The minimum absolute atomic E-state index is 0.755. The Bertz CT molecular complexity index is 61.3. The van der Waals surface area contributed by atoms with Crippen molar-refractivity contribution in [2.45, 2.75) is 20.8 Å². The number of nitrogens with zero attached hydrogens (tertiary/aromatic N) is 1. The fraction of sp³-hybridized carbons (Fsp3) is 1.00. The lowest BCUT2D eigenvalue weighted by Crippen LogP contribution is -2.09. The Balaban J connectivity index is 0. The molecule has 0 saturated heterocycles. The molecule has 0 heterocycles. The summed E-state index contributed by atoms with van der Waals surface area (Å²) >= 11 is 0. The molecule has 0 amide bonds. The van der Waals surface area contributed by atoms with Crippen molar-refractivity contribution in [3.8, 4) is 0 Å². The Labute approximate surface area is 65.1 Å². The number of hydrogen-bond acceptors (Lipinski definition) is 3. The van der Waals surface area contributed by atoms with E-state index < -0.39 is 0 Å². The molecule has 10 heavy (non-hydrogen) atoms. The molecule has 0 atom stereocenters. The summed E-state index contributed by atoms with van der Waals surface area (Å²) < 4.78 is 0. The van der Waals surface area contributed by atoms with Gasteiger partial charge in [-0.1, -0.05) is 0 Å². The first-order chi connectivity index (χ1) is 4.76. The molecule has 0 unspecified atom stereocenters. The van der Waals surface area contributed by atoms with Crippen molar-refractivity contribution >= 4 is 10.9 Å². The normalized spacial score (nSPS) is 8.40. The van der Waals surface area contributed by atoms with Crippen LogP contribution in [0, 0.1) is 10.1 Å². The first-order valence-electron chi connectivity index (χ1n) is 3.35. The van der Waals surface area contributed by atoms with Crippen molar-refractivity contribution in [2.75, 3.05) is 17.3 Å². The van der Waals surface area contributed by atoms with E-state index in [-0.39, 0.29) is 0 Å². The highest BCUT2D eigenvalue weighted by Crippen LogP contribution is 1.92. The van der Waals surface area contributed by atoms with Crippen molar-refractivity contribution in [1.82, 2.24) is 0 Å². The van der Waals surface area contributed by atoms with Crippen molar-refractivity contribution in [3.05, 3.63) is 10.1 Å². The highest BCUT2D eigenvalue weighted by atomic mass is 32.2. The largest absolute Gasteiger partial charge is 0.444 e. The van der Waals surface area contributed by atoms with Crippen LogP contribution in [0.5, 0.6) is 0 Å². The SMILES string of the molecule is CC[S+](CC)CC.O=N[O-]. The van der Waals surface area contributed by atoms with Crippen LogP contribution in [0.4, 0.5) is 0 Å². The maximum atomic E-state index is 8.00. The van der Waals surface area contributed by atoms with Crippen LogP contribution in [-0.2, 0) is 10.9 Å². The monoisotopic (exact) mass is 165 g/mol. The third-order valence-corrected chi connectivity index (χ3v) is 3.67. The van der Waals surface area contributed by atoms with Crippen molar-refractivity contribution < 1.29 is 0 Å². The summed E-state index contributed by atoms with van der Waals surface area (Å²) in [5.74, 6) is 4.15. The molecule has 0 rings (SSSR count). The molecule has 0 radical (unpaired) electrons. The Hall–Kier alpha value is -0.250. The van der Waals surface area contributed by atoms with E-state index in [0.717, 1.165) is 16.2 Å². The maximum Gasteiger partial charge on any atom is 0.105 e. The maximum absolute atomic E-state index is 8.00. The molecule has 0 aliphatic carbocycles. The molecule has 0 aromatic carbocycles. The lowest BCUT2D eigenvalue weighted by Gasteiger charge is -1.96. The zero-order chi connectivity index (χ0) is 8.41. The molecule has 0 bridgehead atoms. The average molecular weight is 165 g/mol. The summed E-state index contributed by atoms with van der Waals surface area (Å²) in [4.78, 5) is 8.00. The van der Waals surface area contributed by atoms with Gasteiger partial charge in [0.25, 0.3) is 0 Å². The lowest BCUT2D eigenvalue weighted by molar-refractivity contribution is 1.37. The predicted molar refractivity (Wildman–Crippen MR) is 48.2 cm³/mol. The predicted octanol–water partition coefficient (Wildman–Crippen LogP) is 1.92. The van der Waals surface area contributed by atoms with Gasteiger partial charge >= 0.3 is 0 Å². The van der Waals surface area contributed by atoms with Gasteiger partial charge in [0.2, 0.25) is 0 Å². The molecule has 0 aliphatic heterocycles. The van der Waals surface area contributed by atoms with E-state index in [1.807, 2.05) is 0 Å². The average Bonchev–Trinajstić information content (AvgIpc) is 1.93. The van der Waals surface area contributed by atoms with Gasteiger partial charge < -0.3 is 10.1 Å². The summed E-state index contributed by atoms with van der Waals surface area (Å²) in [6.45, 7) is 6.82. The second-order valence-electron chi connectivity index (χ2n) is 1.55. The molecule has 0 aromatic rings. The summed E-state index contributed by atoms with van der Waals surface area (Å²) in [7, 11) is 0.755. The van der Waals surface area contributed by atoms with Crippen molar-refractivity contribution in [3.63, 3.8) is 0 Å². The van der Waals surface area contributed by atoms with E-state index in [4.69, 9.17) is 10.1 Å². The molecule has 0 aromatic heterocycles. The summed E-state index contributed by atoms with van der Waals surface area (Å²) in [6.07, 6.45) is 0. The first kappa shape index (κ1) is 12.4. The van der Waals surface area contributed by atoms with Gasteiger partial charge in [0.15, 0.2) is 0 Å². The zero-order valence-corrected chi connectivity index (χ0v) is 7.61. The van der Waals surface area contributed by atoms with Gasteiger partial charge in [-0.25, -0.2) is 0 Å². The van der Waals surface area contributed by atoms with E-state index in [0.29, 0.717) is 0 Å². The summed E-state index contributed by atoms with van der Waals surface area (Å²) in [5.41, 5.74) is 0. The molecule has 0 saturated carbocycles. The molecule has 3 nitrogen and oxygen atoms in total. The standard InChI is InChI=1S/C6H15S.HNO2/c1-4-7(5-2)6-3;2-1-3/h4-6H2,1-3H3;(H,2,3)/q+1;/p-1. The first-order valence-corrected chi connectivity index (χ1v) is 5.08. The minimum Gasteiger partial charge on any atom is -0.444 e. The highest BCUT2D eigenvalue weighted by Gasteiger charge is 2.05. The second kappa shape index (κ2) is 11.5. The van der Waals surface area contributed by atoms with Crippen LogP contribution >= 0.6 is 0 Å². The van der Waals surface area contributed by atoms with Crippen LogP contribution in [-0.4, -0.2) is 17.3 Å². The Kier molecular flexibility index (Phi) is 14.3. The Morgan fingerprint density at radius 1 is 1.20 bits per heavy atom. The molecule has 0 N–H and O–H groups in total. The topological polar surface area (TPSA) is 52.5 Å². The van der Waals surface area contributed by atoms with E-state index in [9.17, 15) is 0 Å². The second-order valence-corrected chi connectivity index (χ2v) is 4.51. The highest BCUT2D eigenvalue weighted by molar-refractivity contribution is 7.96. The van der Waals surface area contributed by atoms with Crippen LogP contribution in [0.15, 0.2) is 5.34 Å². The van der Waals surface area contributed by atoms with Crippen LogP contribution in [0.25, 0.3) is 0 Å². The van der Waals surface area contributed by atoms with Crippen LogP contribution < -0.4 is 0 Å². The van der Waals surface area contributed by atoms with E-state index in [2.05, 4.69) is 20.8 Å². The van der Waals surface area contributed by atoms with Crippen LogP contribution in [0.3, 0.4) is 0 Å². The molecule has 0 spiro atoms. The Morgan fingerprint density at radius 3 is 1.40 bits per heavy atom. The number of rotatable bonds is 3. The fourth-order valence-corrected chi connectivity index (χ4v) is 1.84. The van der Waals surface area contributed by atoms with Gasteiger partial charge in [-0.15, -0.1) is 5.34 Å². The third-order valence-electron chi connectivity index (χ3n) is 1.22. The Morgan fingerprint density at radius 2 is 1.40 bits per heavy atom. The zero-order valence-electron chi connectivity index (χ0n) is 6.79. The van der Waals surface area contributed by atoms with Gasteiger partial charge in [-0.05, 0) is 31.7 Å². The third kappa shape index (κ3) is 10.7. The summed E-state index contributed by atoms with van der Waals surface area (Å²) in [6, 6.07) is 0. The minimum atomic E-state index is 0.755. The summed E-state index contributed by atoms with van der Waals surface area (Å²) in [5, 5.41) is 9.00. The van der Waals surface area contributed by atoms with Crippen molar-refractivity contribution in [2.24, 2.45) is 5.34 Å². The van der Waals surface area contributed by atoms with Gasteiger partial charge in [0.1, 0.15) is 17.3 Å². The fourth-order valence-electron chi connectivity index (χ4n) is 0.612. The van der Waals surface area contributed by atoms with Crippen LogP contribution in [0.1, 0.15) is 20.8 Å². The van der Waals surface area contributed by atoms with Crippen molar-refractivity contribution in [1.29, 1.82) is 0 Å². The van der Waals surface area contributed by atoms with Gasteiger partial charge in [-0.2, -0.15) is 0 Å². The smallest absolute Gasteiger partial charge is 0.105 e. The molecule has 4 heteroatoms. The van der Waals surface area contributed by atoms with E-state index in [1.54, 1.807) is 0 Å². The molecular formula is C6H15NO2S. The molecule has 62 valence electrons. The number of hydrogen-bond donors (Lipinski definition) is 0. The van der Waals surface area contributed by atoms with Gasteiger partial charge in [-0.3, -0.25) is 0 Å². The van der Waals surface area contributed by atoms with Gasteiger partial charge in [0, 0.05) is 0 Å². The lowest BCUT2D eigenvalue weighted by atomic mass is 10.9. The van der Waals surface area contributed by atoms with E-state index in [1.165, 1.54) is 17.3 Å². The molecule has 0 aliphatic rings. The van der Waals surface area contributed by atoms with Crippen LogP contribution in [0.2, 0.25) is 0 Å². The molecule has 0 fully saturated rings.